The van der Waals surface area contributed by atoms with E-state index in [1.165, 1.54) is 14.0 Å². The summed E-state index contributed by atoms with van der Waals surface area (Å²) in [6, 6.07) is 1.61. The van der Waals surface area contributed by atoms with Crippen LogP contribution in [0, 0.1) is 0 Å². The van der Waals surface area contributed by atoms with E-state index in [9.17, 15) is 5.11 Å². The number of hydrogen-bond acceptors (Lipinski definition) is 5. The second-order valence-electron chi connectivity index (χ2n) is 2.46. The van der Waals surface area contributed by atoms with Gasteiger partial charge in [0, 0.05) is 6.07 Å². The minimum Gasteiger partial charge on any atom is -0.480 e. The molecule has 0 saturated carbocycles. The van der Waals surface area contributed by atoms with Gasteiger partial charge < -0.3 is 14.9 Å². The SMILES string of the molecule is COc1cc(C(O)C(C)O)sn1. The van der Waals surface area contributed by atoms with Crippen LogP contribution in [0.3, 0.4) is 0 Å². The van der Waals surface area contributed by atoms with Crippen molar-refractivity contribution in [2.45, 2.75) is 19.1 Å². The van der Waals surface area contributed by atoms with Crippen molar-refractivity contribution in [3.63, 3.8) is 0 Å². The maximum atomic E-state index is 9.37. The molecule has 1 aromatic rings. The average molecular weight is 189 g/mol. The van der Waals surface area contributed by atoms with Crippen LogP contribution in [0.4, 0.5) is 0 Å². The summed E-state index contributed by atoms with van der Waals surface area (Å²) in [6.45, 7) is 1.52. The Balaban J connectivity index is 2.74. The number of rotatable bonds is 3. The molecule has 0 aromatic carbocycles. The fraction of sp³-hybridized carbons (Fsp3) is 0.571. The van der Waals surface area contributed by atoms with Crippen molar-refractivity contribution in [2.75, 3.05) is 7.11 Å². The van der Waals surface area contributed by atoms with Crippen LogP contribution < -0.4 is 4.74 Å². The van der Waals surface area contributed by atoms with Crippen LogP contribution in [0.25, 0.3) is 0 Å². The van der Waals surface area contributed by atoms with Gasteiger partial charge in [-0.15, -0.1) is 0 Å². The van der Waals surface area contributed by atoms with Crippen LogP contribution in [0.5, 0.6) is 5.88 Å². The molecule has 0 bridgehead atoms. The summed E-state index contributed by atoms with van der Waals surface area (Å²) in [5, 5.41) is 18.4. The van der Waals surface area contributed by atoms with Gasteiger partial charge >= 0.3 is 0 Å². The van der Waals surface area contributed by atoms with Crippen molar-refractivity contribution in [3.05, 3.63) is 10.9 Å². The van der Waals surface area contributed by atoms with Crippen molar-refractivity contribution in [1.82, 2.24) is 4.37 Å². The van der Waals surface area contributed by atoms with Gasteiger partial charge in [0.1, 0.15) is 6.10 Å². The zero-order valence-electron chi connectivity index (χ0n) is 6.89. The fourth-order valence-corrected chi connectivity index (χ4v) is 1.53. The van der Waals surface area contributed by atoms with E-state index >= 15 is 0 Å². The number of nitrogens with zero attached hydrogens (tertiary/aromatic N) is 1. The van der Waals surface area contributed by atoms with Crippen LogP contribution >= 0.6 is 11.5 Å². The molecule has 12 heavy (non-hydrogen) atoms. The molecule has 0 aliphatic carbocycles. The summed E-state index contributed by atoms with van der Waals surface area (Å²) in [5.74, 6) is 0.467. The largest absolute Gasteiger partial charge is 0.480 e. The zero-order valence-corrected chi connectivity index (χ0v) is 7.71. The third-order valence-corrected chi connectivity index (χ3v) is 2.31. The molecule has 0 amide bonds. The second-order valence-corrected chi connectivity index (χ2v) is 3.29. The Morgan fingerprint density at radius 1 is 1.58 bits per heavy atom. The molecular formula is C7H11NO3S. The highest BCUT2D eigenvalue weighted by Gasteiger charge is 2.16. The van der Waals surface area contributed by atoms with Crippen molar-refractivity contribution in [3.8, 4) is 5.88 Å². The molecule has 1 heterocycles. The standard InChI is InChI=1S/C7H11NO3S/c1-4(9)7(10)5-3-6(11-2)8-12-5/h3-4,7,9-10H,1-2H3. The molecule has 0 aliphatic heterocycles. The number of aliphatic hydroxyl groups excluding tert-OH is 2. The van der Waals surface area contributed by atoms with E-state index in [0.717, 1.165) is 11.5 Å². The van der Waals surface area contributed by atoms with E-state index in [1.54, 1.807) is 6.07 Å². The van der Waals surface area contributed by atoms with Gasteiger partial charge in [-0.05, 0) is 18.5 Å². The van der Waals surface area contributed by atoms with Crippen molar-refractivity contribution in [1.29, 1.82) is 0 Å². The molecule has 2 unspecified atom stereocenters. The molecule has 0 radical (unpaired) electrons. The highest BCUT2D eigenvalue weighted by atomic mass is 32.1. The average Bonchev–Trinajstić information content (AvgIpc) is 2.50. The minimum atomic E-state index is -0.869. The normalized spacial score (nSPS) is 15.7. The number of hydrogen-bond donors (Lipinski definition) is 2. The molecule has 1 rings (SSSR count). The van der Waals surface area contributed by atoms with Gasteiger partial charge in [-0.1, -0.05) is 0 Å². The van der Waals surface area contributed by atoms with Gasteiger partial charge in [-0.2, -0.15) is 4.37 Å². The quantitative estimate of drug-likeness (QED) is 0.729. The topological polar surface area (TPSA) is 62.6 Å². The van der Waals surface area contributed by atoms with Gasteiger partial charge in [-0.25, -0.2) is 0 Å². The second kappa shape index (κ2) is 3.84. The molecule has 2 atom stereocenters. The highest BCUT2D eigenvalue weighted by Crippen LogP contribution is 2.24. The molecule has 5 heteroatoms. The van der Waals surface area contributed by atoms with Crippen LogP contribution in [-0.4, -0.2) is 27.8 Å². The number of methoxy groups -OCH3 is 1. The lowest BCUT2D eigenvalue weighted by atomic mass is 10.2. The van der Waals surface area contributed by atoms with Crippen LogP contribution in [0.1, 0.15) is 17.9 Å². The molecular weight excluding hydrogens is 178 g/mol. The van der Waals surface area contributed by atoms with E-state index in [-0.39, 0.29) is 0 Å². The van der Waals surface area contributed by atoms with Crippen LogP contribution in [0.2, 0.25) is 0 Å². The maximum absolute atomic E-state index is 9.37. The summed E-state index contributed by atoms with van der Waals surface area (Å²) in [5.41, 5.74) is 0. The predicted molar refractivity (Wildman–Crippen MR) is 45.3 cm³/mol. The first-order valence-electron chi connectivity index (χ1n) is 3.52. The highest BCUT2D eigenvalue weighted by molar-refractivity contribution is 7.06. The molecule has 0 saturated heterocycles. The summed E-state index contributed by atoms with van der Waals surface area (Å²) < 4.78 is 8.72. The molecule has 0 spiro atoms. The Kier molecular flexibility index (Phi) is 3.02. The zero-order chi connectivity index (χ0) is 9.14. The van der Waals surface area contributed by atoms with Gasteiger partial charge in [0.2, 0.25) is 5.88 Å². The first-order chi connectivity index (χ1) is 5.65. The molecule has 0 aliphatic rings. The summed E-state index contributed by atoms with van der Waals surface area (Å²) in [6.07, 6.45) is -1.65. The molecule has 0 fully saturated rings. The number of aromatic nitrogens is 1. The first kappa shape index (κ1) is 9.44. The smallest absolute Gasteiger partial charge is 0.225 e. The monoisotopic (exact) mass is 189 g/mol. The van der Waals surface area contributed by atoms with Gasteiger partial charge in [-0.3, -0.25) is 0 Å². The Bertz CT molecular complexity index is 249. The van der Waals surface area contributed by atoms with E-state index in [0.29, 0.717) is 10.8 Å². The van der Waals surface area contributed by atoms with Crippen LogP contribution in [0.15, 0.2) is 6.07 Å². The number of ether oxygens (including phenoxy) is 1. The molecule has 4 nitrogen and oxygen atoms in total. The third kappa shape index (κ3) is 1.94. The lowest BCUT2D eigenvalue weighted by Gasteiger charge is -2.09. The summed E-state index contributed by atoms with van der Waals surface area (Å²) in [7, 11) is 1.51. The first-order valence-corrected chi connectivity index (χ1v) is 4.29. The molecule has 2 N–H and O–H groups in total. The maximum Gasteiger partial charge on any atom is 0.225 e. The molecule has 68 valence electrons. The predicted octanol–water partition coefficient (Wildman–Crippen LogP) is 0.566. The third-order valence-electron chi connectivity index (χ3n) is 1.46. The molecule has 1 aromatic heterocycles. The minimum absolute atomic E-state index is 0.467. The van der Waals surface area contributed by atoms with Crippen molar-refractivity contribution >= 4 is 11.5 Å². The Morgan fingerprint density at radius 2 is 2.25 bits per heavy atom. The van der Waals surface area contributed by atoms with Crippen LogP contribution in [-0.2, 0) is 0 Å². The summed E-state index contributed by atoms with van der Waals surface area (Å²) in [4.78, 5) is 0.613. The number of aliphatic hydroxyl groups is 2. The van der Waals surface area contributed by atoms with E-state index in [2.05, 4.69) is 4.37 Å². The Hall–Kier alpha value is -0.650. The lowest BCUT2D eigenvalue weighted by molar-refractivity contribution is 0.0327. The van der Waals surface area contributed by atoms with Gasteiger partial charge in [0.15, 0.2) is 0 Å². The van der Waals surface area contributed by atoms with Gasteiger partial charge in [0.05, 0.1) is 18.1 Å². The summed E-state index contributed by atoms with van der Waals surface area (Å²) >= 11 is 1.13. The van der Waals surface area contributed by atoms with Gasteiger partial charge in [0.25, 0.3) is 0 Å². The van der Waals surface area contributed by atoms with E-state index in [1.807, 2.05) is 0 Å². The van der Waals surface area contributed by atoms with Crippen molar-refractivity contribution in [2.24, 2.45) is 0 Å². The lowest BCUT2D eigenvalue weighted by Crippen LogP contribution is -2.12. The Morgan fingerprint density at radius 3 is 2.67 bits per heavy atom. The van der Waals surface area contributed by atoms with E-state index in [4.69, 9.17) is 9.84 Å². The Labute approximate surface area is 74.6 Å². The van der Waals surface area contributed by atoms with Crippen molar-refractivity contribution < 1.29 is 14.9 Å². The van der Waals surface area contributed by atoms with E-state index < -0.39 is 12.2 Å². The fourth-order valence-electron chi connectivity index (χ4n) is 0.745.